The number of aromatic nitrogens is 1. The van der Waals surface area contributed by atoms with E-state index in [1.54, 1.807) is 11.3 Å². The molecule has 1 aromatic heterocycles. The minimum absolute atomic E-state index is 0.523. The molecule has 2 rings (SSSR count). The highest BCUT2D eigenvalue weighted by atomic mass is 32.1. The molecule has 1 aromatic rings. The molecule has 1 aliphatic rings. The Hall–Kier alpha value is -0.490. The van der Waals surface area contributed by atoms with Gasteiger partial charge in [-0.15, -0.1) is 11.3 Å². The Kier molecular flexibility index (Phi) is 4.14. The van der Waals surface area contributed by atoms with Gasteiger partial charge in [-0.05, 0) is 39.9 Å². The molecule has 0 radical (unpaired) electrons. The Morgan fingerprint density at radius 1 is 1.53 bits per heavy atom. The molecule has 0 aromatic carbocycles. The summed E-state index contributed by atoms with van der Waals surface area (Å²) in [7, 11) is 2.05. The van der Waals surface area contributed by atoms with Crippen molar-refractivity contribution in [3.05, 3.63) is 16.1 Å². The van der Waals surface area contributed by atoms with Crippen molar-refractivity contribution in [2.75, 3.05) is 26.7 Å². The summed E-state index contributed by atoms with van der Waals surface area (Å²) in [6.07, 6.45) is 1.68. The van der Waals surface area contributed by atoms with Gasteiger partial charge in [0.1, 0.15) is 0 Å². The van der Waals surface area contributed by atoms with E-state index in [1.807, 2.05) is 6.92 Å². The third-order valence-electron chi connectivity index (χ3n) is 3.20. The highest BCUT2D eigenvalue weighted by Gasteiger charge is 2.30. The van der Waals surface area contributed by atoms with Crippen LogP contribution in [0.15, 0.2) is 5.38 Å². The third-order valence-corrected chi connectivity index (χ3v) is 4.02. The summed E-state index contributed by atoms with van der Waals surface area (Å²) in [6, 6.07) is 0. The largest absolute Gasteiger partial charge is 0.388 e. The van der Waals surface area contributed by atoms with E-state index in [4.69, 9.17) is 0 Å². The van der Waals surface area contributed by atoms with Crippen LogP contribution in [0, 0.1) is 6.92 Å². The number of aryl methyl sites for hydroxylation is 1. The Labute approximate surface area is 107 Å². The van der Waals surface area contributed by atoms with Crippen molar-refractivity contribution in [3.8, 4) is 0 Å². The van der Waals surface area contributed by atoms with Gasteiger partial charge in [0.05, 0.1) is 16.3 Å². The highest BCUT2D eigenvalue weighted by Crippen LogP contribution is 2.20. The molecule has 1 saturated heterocycles. The Balaban J connectivity index is 1.85. The van der Waals surface area contributed by atoms with Crippen molar-refractivity contribution in [1.29, 1.82) is 0 Å². The lowest BCUT2D eigenvalue weighted by Crippen LogP contribution is -2.48. The van der Waals surface area contributed by atoms with E-state index < -0.39 is 5.60 Å². The molecule has 4 nitrogen and oxygen atoms in total. The molecule has 17 heavy (non-hydrogen) atoms. The molecule has 96 valence electrons. The molecular formula is C12H21N3OS. The molecule has 0 aliphatic carbocycles. The van der Waals surface area contributed by atoms with E-state index >= 15 is 0 Å². The second-order valence-corrected chi connectivity index (χ2v) is 6.07. The topological polar surface area (TPSA) is 48.4 Å². The fourth-order valence-corrected chi connectivity index (χ4v) is 2.97. The molecule has 1 fully saturated rings. The highest BCUT2D eigenvalue weighted by molar-refractivity contribution is 7.09. The number of aliphatic hydroxyl groups is 1. The van der Waals surface area contributed by atoms with Crippen LogP contribution >= 0.6 is 11.3 Å². The maximum Gasteiger partial charge on any atom is 0.0897 e. The number of rotatable bonds is 4. The van der Waals surface area contributed by atoms with Gasteiger partial charge >= 0.3 is 0 Å². The van der Waals surface area contributed by atoms with Crippen LogP contribution in [-0.2, 0) is 6.54 Å². The molecule has 0 atom stereocenters. The van der Waals surface area contributed by atoms with Gasteiger partial charge in [0.15, 0.2) is 0 Å². The second kappa shape index (κ2) is 5.44. The molecule has 5 heteroatoms. The summed E-state index contributed by atoms with van der Waals surface area (Å²) in [5.74, 6) is 0. The van der Waals surface area contributed by atoms with E-state index in [0.717, 1.165) is 49.7 Å². The molecule has 1 aliphatic heterocycles. The van der Waals surface area contributed by atoms with E-state index in [0.29, 0.717) is 0 Å². The number of hydrogen-bond donors (Lipinski definition) is 2. The Morgan fingerprint density at radius 3 is 2.82 bits per heavy atom. The summed E-state index contributed by atoms with van der Waals surface area (Å²) < 4.78 is 0. The number of thiazole rings is 1. The van der Waals surface area contributed by atoms with Crippen LogP contribution < -0.4 is 5.32 Å². The van der Waals surface area contributed by atoms with Crippen LogP contribution in [0.25, 0.3) is 0 Å². The van der Waals surface area contributed by atoms with E-state index in [1.165, 1.54) is 0 Å². The number of piperidine rings is 1. The van der Waals surface area contributed by atoms with E-state index in [-0.39, 0.29) is 0 Å². The molecule has 0 spiro atoms. The average molecular weight is 255 g/mol. The fraction of sp³-hybridized carbons (Fsp3) is 0.750. The van der Waals surface area contributed by atoms with Crippen molar-refractivity contribution in [1.82, 2.24) is 15.2 Å². The van der Waals surface area contributed by atoms with Crippen molar-refractivity contribution in [3.63, 3.8) is 0 Å². The zero-order valence-electron chi connectivity index (χ0n) is 10.6. The Bertz CT molecular complexity index is 360. The summed E-state index contributed by atoms with van der Waals surface area (Å²) in [5.41, 5.74) is 0.581. The van der Waals surface area contributed by atoms with Crippen molar-refractivity contribution in [2.24, 2.45) is 0 Å². The van der Waals surface area contributed by atoms with Crippen molar-refractivity contribution in [2.45, 2.75) is 31.9 Å². The lowest BCUT2D eigenvalue weighted by atomic mass is 9.92. The van der Waals surface area contributed by atoms with Gasteiger partial charge in [-0.25, -0.2) is 4.98 Å². The number of nitrogens with one attached hydrogen (secondary N) is 1. The minimum Gasteiger partial charge on any atom is -0.388 e. The zero-order valence-corrected chi connectivity index (χ0v) is 11.4. The van der Waals surface area contributed by atoms with Crippen LogP contribution in [0.3, 0.4) is 0 Å². The number of likely N-dealkylation sites (N-methyl/N-ethyl adjacent to an activating group) is 1. The normalized spacial score (nSPS) is 19.8. The first-order valence-corrected chi connectivity index (χ1v) is 6.98. The molecular weight excluding hydrogens is 234 g/mol. The minimum atomic E-state index is -0.523. The summed E-state index contributed by atoms with van der Waals surface area (Å²) in [4.78, 5) is 6.62. The van der Waals surface area contributed by atoms with Crippen molar-refractivity contribution >= 4 is 11.3 Å². The Morgan fingerprint density at radius 2 is 2.24 bits per heavy atom. The second-order valence-electron chi connectivity index (χ2n) is 5.00. The predicted octanol–water partition coefficient (Wildman–Crippen LogP) is 0.998. The van der Waals surface area contributed by atoms with Gasteiger partial charge in [-0.1, -0.05) is 0 Å². The quantitative estimate of drug-likeness (QED) is 0.842. The number of hydrogen-bond acceptors (Lipinski definition) is 5. The van der Waals surface area contributed by atoms with Gasteiger partial charge in [0, 0.05) is 18.5 Å². The zero-order chi connectivity index (χ0) is 12.3. The van der Waals surface area contributed by atoms with E-state index in [2.05, 4.69) is 27.6 Å². The summed E-state index contributed by atoms with van der Waals surface area (Å²) in [6.45, 7) is 5.40. The lowest BCUT2D eigenvalue weighted by Gasteiger charge is -2.35. The predicted molar refractivity (Wildman–Crippen MR) is 70.2 cm³/mol. The maximum absolute atomic E-state index is 10.4. The van der Waals surface area contributed by atoms with Crippen LogP contribution in [0.2, 0.25) is 0 Å². The van der Waals surface area contributed by atoms with E-state index in [9.17, 15) is 5.11 Å². The molecule has 0 unspecified atom stereocenters. The van der Waals surface area contributed by atoms with Gasteiger partial charge in [-0.2, -0.15) is 0 Å². The smallest absolute Gasteiger partial charge is 0.0897 e. The standard InChI is InChI=1S/C12H21N3OS/c1-10-14-11(8-17-10)7-15(2)9-12(16)3-5-13-6-4-12/h8,13,16H,3-7,9H2,1-2H3. The van der Waals surface area contributed by atoms with Gasteiger partial charge in [0.2, 0.25) is 0 Å². The monoisotopic (exact) mass is 255 g/mol. The van der Waals surface area contributed by atoms with Crippen LogP contribution in [0.1, 0.15) is 23.5 Å². The molecule has 2 heterocycles. The van der Waals surface area contributed by atoms with Gasteiger partial charge in [-0.3, -0.25) is 4.90 Å². The fourth-order valence-electron chi connectivity index (χ4n) is 2.37. The van der Waals surface area contributed by atoms with Gasteiger partial charge < -0.3 is 10.4 Å². The SMILES string of the molecule is Cc1nc(CN(C)CC2(O)CCNCC2)cs1. The molecule has 2 N–H and O–H groups in total. The van der Waals surface area contributed by atoms with Crippen LogP contribution in [0.5, 0.6) is 0 Å². The molecule has 0 saturated carbocycles. The summed E-state index contributed by atoms with van der Waals surface area (Å²) in [5, 5.41) is 16.9. The first-order chi connectivity index (χ1) is 8.07. The lowest BCUT2D eigenvalue weighted by molar-refractivity contribution is -0.0170. The molecule has 0 bridgehead atoms. The summed E-state index contributed by atoms with van der Waals surface area (Å²) >= 11 is 1.68. The first-order valence-electron chi connectivity index (χ1n) is 6.10. The number of nitrogens with zero attached hydrogens (tertiary/aromatic N) is 2. The first kappa shape index (κ1) is 13.0. The van der Waals surface area contributed by atoms with Crippen molar-refractivity contribution < 1.29 is 5.11 Å². The maximum atomic E-state index is 10.4. The third kappa shape index (κ3) is 3.74. The average Bonchev–Trinajstić information content (AvgIpc) is 2.63. The van der Waals surface area contributed by atoms with Crippen LogP contribution in [0.4, 0.5) is 0 Å². The van der Waals surface area contributed by atoms with Gasteiger partial charge in [0.25, 0.3) is 0 Å². The van der Waals surface area contributed by atoms with Crippen LogP contribution in [-0.4, -0.2) is 47.3 Å². The molecule has 0 amide bonds.